The fourth-order valence-electron chi connectivity index (χ4n) is 3.66. The number of thiophene rings is 1. The summed E-state index contributed by atoms with van der Waals surface area (Å²) in [5.41, 5.74) is 1.38. The fourth-order valence-corrected chi connectivity index (χ4v) is 6.02. The third-order valence-electron chi connectivity index (χ3n) is 5.59. The predicted molar refractivity (Wildman–Crippen MR) is 128 cm³/mol. The molecule has 33 heavy (non-hydrogen) atoms. The number of methoxy groups -OCH3 is 1. The van der Waals surface area contributed by atoms with Crippen LogP contribution in [0, 0.1) is 0 Å². The van der Waals surface area contributed by atoms with Crippen molar-refractivity contribution in [3.8, 4) is 11.5 Å². The molecule has 1 aromatic heterocycles. The van der Waals surface area contributed by atoms with Crippen LogP contribution < -0.4 is 9.47 Å². The number of rotatable bonds is 8. The molecule has 1 aliphatic heterocycles. The number of carbonyl (C=O) groups is 1. The molecule has 0 unspecified atom stereocenters. The molecule has 0 radical (unpaired) electrons. The Hall–Kier alpha value is -2.88. The van der Waals surface area contributed by atoms with Gasteiger partial charge in [0.05, 0.1) is 18.6 Å². The zero-order chi connectivity index (χ0) is 23.4. The number of carbonyl (C=O) groups excluding carboxylic acids is 1. The molecule has 0 bridgehead atoms. The molecule has 0 atom stereocenters. The minimum Gasteiger partial charge on any atom is -0.497 e. The number of benzene rings is 2. The smallest absolute Gasteiger partial charge is 0.253 e. The average molecular weight is 487 g/mol. The van der Waals surface area contributed by atoms with Crippen molar-refractivity contribution in [2.24, 2.45) is 0 Å². The second-order valence-corrected chi connectivity index (χ2v) is 10.7. The second-order valence-electron chi connectivity index (χ2n) is 7.74. The summed E-state index contributed by atoms with van der Waals surface area (Å²) in [5.74, 6) is 1.16. The van der Waals surface area contributed by atoms with Gasteiger partial charge in [0.25, 0.3) is 5.91 Å². The summed E-state index contributed by atoms with van der Waals surface area (Å²) in [6.07, 6.45) is 0.710. The van der Waals surface area contributed by atoms with Crippen molar-refractivity contribution >= 4 is 27.3 Å². The van der Waals surface area contributed by atoms with Crippen molar-refractivity contribution in [1.82, 2.24) is 9.21 Å². The van der Waals surface area contributed by atoms with E-state index in [0.717, 1.165) is 11.3 Å². The number of likely N-dealkylation sites (N-methyl/N-ethyl adjacent to an activating group) is 1. The first-order valence-electron chi connectivity index (χ1n) is 10.6. The van der Waals surface area contributed by atoms with E-state index in [2.05, 4.69) is 0 Å². The molecule has 0 saturated heterocycles. The van der Waals surface area contributed by atoms with Gasteiger partial charge in [-0.15, -0.1) is 11.3 Å². The van der Waals surface area contributed by atoms with Crippen LogP contribution >= 0.6 is 11.3 Å². The summed E-state index contributed by atoms with van der Waals surface area (Å²) in [6, 6.07) is 15.4. The third-order valence-corrected chi connectivity index (χ3v) is 8.46. The van der Waals surface area contributed by atoms with Crippen molar-refractivity contribution in [1.29, 1.82) is 0 Å². The van der Waals surface area contributed by atoms with Crippen LogP contribution in [-0.4, -0.2) is 57.4 Å². The van der Waals surface area contributed by atoms with E-state index in [1.165, 1.54) is 20.1 Å². The number of hydrogen-bond acceptors (Lipinski definition) is 6. The van der Waals surface area contributed by atoms with E-state index in [9.17, 15) is 13.2 Å². The summed E-state index contributed by atoms with van der Waals surface area (Å²) >= 11 is 1.66. The van der Waals surface area contributed by atoms with Gasteiger partial charge in [0.2, 0.25) is 10.0 Å². The summed E-state index contributed by atoms with van der Waals surface area (Å²) in [4.78, 5) is 15.8. The minimum atomic E-state index is -3.69. The highest BCUT2D eigenvalue weighted by molar-refractivity contribution is 7.89. The SMILES string of the molecule is COc1ccc(OCCN(C)C(=O)c2cccc(S(=O)(=O)N3CCc4sccc4C3)c2)cc1. The Balaban J connectivity index is 1.39. The molecule has 1 aliphatic rings. The van der Waals surface area contributed by atoms with Crippen molar-refractivity contribution < 1.29 is 22.7 Å². The first kappa shape index (κ1) is 23.3. The third kappa shape index (κ3) is 5.21. The lowest BCUT2D eigenvalue weighted by Crippen LogP contribution is -2.35. The summed E-state index contributed by atoms with van der Waals surface area (Å²) in [7, 11) is -0.421. The highest BCUT2D eigenvalue weighted by Crippen LogP contribution is 2.28. The van der Waals surface area contributed by atoms with Crippen LogP contribution in [0.25, 0.3) is 0 Å². The number of hydrogen-bond donors (Lipinski definition) is 0. The van der Waals surface area contributed by atoms with Gasteiger partial charge in [0.1, 0.15) is 18.1 Å². The monoisotopic (exact) mass is 486 g/mol. The van der Waals surface area contributed by atoms with E-state index < -0.39 is 10.0 Å². The van der Waals surface area contributed by atoms with Crippen LogP contribution in [0.2, 0.25) is 0 Å². The van der Waals surface area contributed by atoms with Gasteiger partial charge in [0.15, 0.2) is 0 Å². The molecule has 9 heteroatoms. The molecule has 0 N–H and O–H groups in total. The molecule has 2 aromatic carbocycles. The molecule has 1 amide bonds. The molecular formula is C24H26N2O5S2. The van der Waals surface area contributed by atoms with E-state index >= 15 is 0 Å². The maximum atomic E-state index is 13.2. The number of fused-ring (bicyclic) bond motifs is 1. The number of nitrogens with zero attached hydrogens (tertiary/aromatic N) is 2. The molecule has 174 valence electrons. The topological polar surface area (TPSA) is 76.1 Å². The lowest BCUT2D eigenvalue weighted by atomic mass is 10.1. The van der Waals surface area contributed by atoms with E-state index in [0.29, 0.717) is 44.0 Å². The van der Waals surface area contributed by atoms with Gasteiger partial charge >= 0.3 is 0 Å². The summed E-state index contributed by atoms with van der Waals surface area (Å²) in [6.45, 7) is 1.47. The first-order valence-corrected chi connectivity index (χ1v) is 12.9. The van der Waals surface area contributed by atoms with Gasteiger partial charge in [-0.25, -0.2) is 8.42 Å². The Morgan fingerprint density at radius 2 is 1.88 bits per heavy atom. The number of amides is 1. The number of sulfonamides is 1. The van der Waals surface area contributed by atoms with E-state index in [-0.39, 0.29) is 10.8 Å². The molecule has 3 aromatic rings. The van der Waals surface area contributed by atoms with Crippen LogP contribution in [0.3, 0.4) is 0 Å². The first-order chi connectivity index (χ1) is 15.9. The average Bonchev–Trinajstić information content (AvgIpc) is 3.32. The van der Waals surface area contributed by atoms with Crippen molar-refractivity contribution in [2.45, 2.75) is 17.9 Å². The lowest BCUT2D eigenvalue weighted by Gasteiger charge is -2.26. The Labute approximate surface area is 198 Å². The quantitative estimate of drug-likeness (QED) is 0.486. The maximum Gasteiger partial charge on any atom is 0.253 e. The highest BCUT2D eigenvalue weighted by atomic mass is 32.2. The Morgan fingerprint density at radius 1 is 1.12 bits per heavy atom. The summed E-state index contributed by atoms with van der Waals surface area (Å²) in [5, 5.41) is 1.99. The zero-order valence-electron chi connectivity index (χ0n) is 18.6. The highest BCUT2D eigenvalue weighted by Gasteiger charge is 2.29. The van der Waals surface area contributed by atoms with Gasteiger partial charge in [-0.1, -0.05) is 6.07 Å². The molecule has 0 spiro atoms. The predicted octanol–water partition coefficient (Wildman–Crippen LogP) is 3.65. The molecular weight excluding hydrogens is 460 g/mol. The van der Waals surface area contributed by atoms with Gasteiger partial charge < -0.3 is 14.4 Å². The van der Waals surface area contributed by atoms with Crippen LogP contribution in [-0.2, 0) is 23.0 Å². The van der Waals surface area contributed by atoms with E-state index in [4.69, 9.17) is 9.47 Å². The summed E-state index contributed by atoms with van der Waals surface area (Å²) < 4.78 is 38.7. The molecule has 7 nitrogen and oxygen atoms in total. The van der Waals surface area contributed by atoms with Gasteiger partial charge in [-0.3, -0.25) is 4.79 Å². The largest absolute Gasteiger partial charge is 0.497 e. The van der Waals surface area contributed by atoms with Gasteiger partial charge in [-0.2, -0.15) is 4.31 Å². The Kier molecular flexibility index (Phi) is 7.02. The Morgan fingerprint density at radius 3 is 2.64 bits per heavy atom. The molecule has 0 aliphatic carbocycles. The zero-order valence-corrected chi connectivity index (χ0v) is 20.2. The standard InChI is InChI=1S/C24H26N2O5S2/c1-25(13-14-31-21-8-6-20(30-2)7-9-21)24(27)18-4-3-5-22(16-18)33(28,29)26-12-10-23-19(17-26)11-15-32-23/h3-9,11,15-16H,10,12-14,17H2,1-2H3. The van der Waals surface area contributed by atoms with E-state index in [1.807, 2.05) is 11.4 Å². The maximum absolute atomic E-state index is 13.2. The normalized spacial score (nSPS) is 13.9. The van der Waals surface area contributed by atoms with Gasteiger partial charge in [-0.05, 0) is 65.9 Å². The van der Waals surface area contributed by atoms with Crippen molar-refractivity contribution in [2.75, 3.05) is 33.9 Å². The molecule has 0 fully saturated rings. The number of ether oxygens (including phenoxy) is 2. The van der Waals surface area contributed by atoms with Crippen LogP contribution in [0.5, 0.6) is 11.5 Å². The fraction of sp³-hybridized carbons (Fsp3) is 0.292. The van der Waals surface area contributed by atoms with Gasteiger partial charge in [0, 0.05) is 30.6 Å². The van der Waals surface area contributed by atoms with Crippen LogP contribution in [0.4, 0.5) is 0 Å². The van der Waals surface area contributed by atoms with Crippen molar-refractivity contribution in [3.05, 3.63) is 76.0 Å². The minimum absolute atomic E-state index is 0.134. The van der Waals surface area contributed by atoms with Crippen LogP contribution in [0.15, 0.2) is 64.9 Å². The van der Waals surface area contributed by atoms with Crippen LogP contribution in [0.1, 0.15) is 20.8 Å². The van der Waals surface area contributed by atoms with Crippen molar-refractivity contribution in [3.63, 3.8) is 0 Å². The second kappa shape index (κ2) is 9.94. The molecule has 4 rings (SSSR count). The molecule has 0 saturated carbocycles. The molecule has 2 heterocycles. The Bertz CT molecular complexity index is 1220. The lowest BCUT2D eigenvalue weighted by molar-refractivity contribution is 0.0773. The van der Waals surface area contributed by atoms with E-state index in [1.54, 1.807) is 68.0 Å².